The molecule has 3 N–H and O–H groups in total. The Morgan fingerprint density at radius 1 is 0.544 bits per heavy atom. The summed E-state index contributed by atoms with van der Waals surface area (Å²) in [5.41, 5.74) is 0. The second-order valence-electron chi connectivity index (χ2n) is 15.8. The first-order chi connectivity index (χ1) is 27.8. The number of unbranched alkanes of at least 4 members (excludes halogenated alkanes) is 25. The molecule has 0 amide bonds. The fourth-order valence-electron chi connectivity index (χ4n) is 6.43. The van der Waals surface area contributed by atoms with E-state index in [9.17, 15) is 19.4 Å². The van der Waals surface area contributed by atoms with Crippen LogP contribution in [-0.4, -0.2) is 66.3 Å². The van der Waals surface area contributed by atoms with Crippen LogP contribution in [0.1, 0.15) is 213 Å². The van der Waals surface area contributed by atoms with Crippen LogP contribution in [0.25, 0.3) is 0 Å². The van der Waals surface area contributed by atoms with E-state index >= 15 is 0 Å². The minimum atomic E-state index is -4.52. The predicted octanol–water partition coefficient (Wildman–Crippen LogP) is 13.2. The van der Waals surface area contributed by atoms with E-state index in [0.29, 0.717) is 13.0 Å². The van der Waals surface area contributed by atoms with Gasteiger partial charge in [-0.25, -0.2) is 4.57 Å². The molecule has 0 rings (SSSR count). The minimum absolute atomic E-state index is 0.0437. The molecule has 3 atom stereocenters. The van der Waals surface area contributed by atoms with Crippen molar-refractivity contribution in [3.8, 4) is 0 Å². The Morgan fingerprint density at radius 3 is 1.47 bits per heavy atom. The zero-order valence-electron chi connectivity index (χ0n) is 36.8. The van der Waals surface area contributed by atoms with E-state index in [2.05, 4.69) is 50.3 Å². The molecular formula is C47H89O9P. The second kappa shape index (κ2) is 44.2. The molecule has 0 fully saturated rings. The smallest absolute Gasteiger partial charge is 0.457 e. The maximum atomic E-state index is 12.6. The number of hydrogen-bond acceptors (Lipinski definition) is 8. The van der Waals surface area contributed by atoms with Gasteiger partial charge in [0.25, 0.3) is 0 Å². The normalized spacial score (nSPS) is 14.3. The van der Waals surface area contributed by atoms with Crippen molar-refractivity contribution >= 4 is 13.8 Å². The molecule has 57 heavy (non-hydrogen) atoms. The Labute approximate surface area is 350 Å². The van der Waals surface area contributed by atoms with Gasteiger partial charge in [0.2, 0.25) is 0 Å². The summed E-state index contributed by atoms with van der Waals surface area (Å²) in [6.07, 6.45) is 48.2. The van der Waals surface area contributed by atoms with E-state index in [-0.39, 0.29) is 19.6 Å². The fourth-order valence-corrected chi connectivity index (χ4v) is 7.22. The Hall–Kier alpha value is -1.32. The number of aliphatic hydroxyl groups excluding tert-OH is 2. The Balaban J connectivity index is 4.09. The van der Waals surface area contributed by atoms with Gasteiger partial charge in [-0.15, -0.1) is 0 Å². The zero-order chi connectivity index (χ0) is 41.8. The van der Waals surface area contributed by atoms with Gasteiger partial charge in [0.1, 0.15) is 12.2 Å². The summed E-state index contributed by atoms with van der Waals surface area (Å²) in [6.45, 7) is 3.48. The number of carbonyl (C=O) groups excluding carboxylic acids is 1. The van der Waals surface area contributed by atoms with Gasteiger partial charge in [-0.1, -0.05) is 179 Å². The van der Waals surface area contributed by atoms with Crippen LogP contribution >= 0.6 is 7.82 Å². The molecule has 336 valence electrons. The predicted molar refractivity (Wildman–Crippen MR) is 237 cm³/mol. The Morgan fingerprint density at radius 2 is 0.965 bits per heavy atom. The van der Waals surface area contributed by atoms with Gasteiger partial charge >= 0.3 is 13.8 Å². The highest BCUT2D eigenvalue weighted by molar-refractivity contribution is 7.47. The topological polar surface area (TPSA) is 132 Å². The van der Waals surface area contributed by atoms with Crippen LogP contribution < -0.4 is 0 Å². The number of aliphatic hydroxyl groups is 2. The van der Waals surface area contributed by atoms with Gasteiger partial charge in [0.15, 0.2) is 0 Å². The lowest BCUT2D eigenvalue weighted by atomic mass is 10.1. The first kappa shape index (κ1) is 55.7. The lowest BCUT2D eigenvalue weighted by Gasteiger charge is -2.20. The summed E-state index contributed by atoms with van der Waals surface area (Å²) in [5, 5.41) is 18.4. The van der Waals surface area contributed by atoms with Crippen molar-refractivity contribution in [2.75, 3.05) is 33.0 Å². The van der Waals surface area contributed by atoms with Crippen molar-refractivity contribution in [2.45, 2.75) is 225 Å². The van der Waals surface area contributed by atoms with E-state index in [4.69, 9.17) is 23.6 Å². The molecule has 9 nitrogen and oxygen atoms in total. The van der Waals surface area contributed by atoms with Crippen molar-refractivity contribution in [1.29, 1.82) is 0 Å². The number of allylic oxidation sites excluding steroid dienone is 6. The summed E-state index contributed by atoms with van der Waals surface area (Å²) in [4.78, 5) is 22.6. The lowest BCUT2D eigenvalue weighted by molar-refractivity contribution is -0.154. The molecule has 0 heterocycles. The molecular weight excluding hydrogens is 739 g/mol. The maximum absolute atomic E-state index is 12.6. The molecule has 0 aromatic carbocycles. The Bertz CT molecular complexity index is 986. The van der Waals surface area contributed by atoms with E-state index in [1.165, 1.54) is 122 Å². The summed E-state index contributed by atoms with van der Waals surface area (Å²) < 4.78 is 33.4. The van der Waals surface area contributed by atoms with Crippen molar-refractivity contribution in [1.82, 2.24) is 0 Å². The quantitative estimate of drug-likeness (QED) is 0.0237. The average molecular weight is 829 g/mol. The third-order valence-corrected chi connectivity index (χ3v) is 11.0. The van der Waals surface area contributed by atoms with Crippen molar-refractivity contribution in [3.63, 3.8) is 0 Å². The summed E-state index contributed by atoms with van der Waals surface area (Å²) in [6, 6.07) is 0. The molecule has 10 heteroatoms. The highest BCUT2D eigenvalue weighted by Crippen LogP contribution is 2.43. The van der Waals surface area contributed by atoms with Crippen LogP contribution in [-0.2, 0) is 27.9 Å². The van der Waals surface area contributed by atoms with E-state index in [1.54, 1.807) is 0 Å². The standard InChI is InChI=1S/C47H89O9P/c1-3-5-7-9-11-13-15-17-19-20-21-22-23-24-25-26-28-30-32-34-36-38-40-53-43-46(44-55-57(51,52)54-42-45(49)41-48)56-47(50)39-37-35-33-31-29-27-18-16-14-12-10-8-6-4-2/h10,12,16,18,20-21,45-46,48-49H,3-9,11,13-15,17,19,22-44H2,1-2H3,(H,51,52)/b12-10-,18-16-,21-20-. The summed E-state index contributed by atoms with van der Waals surface area (Å²) in [7, 11) is -4.52. The SMILES string of the molecule is CCCC/C=C\C/C=C\CCCCCCCC(=O)OC(COCCCCCCCCCCCC/C=C\CCCCCCCCCC)COP(=O)(O)OCC(O)CO. The van der Waals surface area contributed by atoms with E-state index in [1.807, 2.05) is 0 Å². The number of hydrogen-bond donors (Lipinski definition) is 3. The largest absolute Gasteiger partial charge is 0.472 e. The molecule has 0 aliphatic carbocycles. The number of ether oxygens (including phenoxy) is 2. The maximum Gasteiger partial charge on any atom is 0.472 e. The number of phosphoric acid groups is 1. The number of esters is 1. The first-order valence-corrected chi connectivity index (χ1v) is 25.0. The number of rotatable bonds is 45. The van der Waals surface area contributed by atoms with Crippen LogP contribution in [0, 0.1) is 0 Å². The molecule has 0 aromatic heterocycles. The Kier molecular flexibility index (Phi) is 43.2. The van der Waals surface area contributed by atoms with Crippen molar-refractivity contribution in [2.24, 2.45) is 0 Å². The number of phosphoric ester groups is 1. The van der Waals surface area contributed by atoms with E-state index in [0.717, 1.165) is 64.2 Å². The second-order valence-corrected chi connectivity index (χ2v) is 17.2. The first-order valence-electron chi connectivity index (χ1n) is 23.5. The van der Waals surface area contributed by atoms with Crippen LogP contribution in [0.4, 0.5) is 0 Å². The lowest BCUT2D eigenvalue weighted by Crippen LogP contribution is -2.29. The average Bonchev–Trinajstić information content (AvgIpc) is 3.20. The highest BCUT2D eigenvalue weighted by Gasteiger charge is 2.26. The van der Waals surface area contributed by atoms with Gasteiger partial charge in [0.05, 0.1) is 26.4 Å². The van der Waals surface area contributed by atoms with Crippen molar-refractivity contribution < 1.29 is 43.0 Å². The van der Waals surface area contributed by atoms with Gasteiger partial charge in [-0.2, -0.15) is 0 Å². The third kappa shape index (κ3) is 44.1. The summed E-state index contributed by atoms with van der Waals surface area (Å²) in [5.74, 6) is -0.396. The molecule has 0 saturated carbocycles. The fraction of sp³-hybridized carbons (Fsp3) is 0.851. The molecule has 0 aliphatic heterocycles. The zero-order valence-corrected chi connectivity index (χ0v) is 37.7. The molecule has 0 bridgehead atoms. The molecule has 0 aliphatic rings. The highest BCUT2D eigenvalue weighted by atomic mass is 31.2. The van der Waals surface area contributed by atoms with Crippen molar-refractivity contribution in [3.05, 3.63) is 36.5 Å². The van der Waals surface area contributed by atoms with Gasteiger partial charge in [-0.05, 0) is 64.2 Å². The molecule has 0 radical (unpaired) electrons. The van der Waals surface area contributed by atoms with Gasteiger partial charge in [0, 0.05) is 13.0 Å². The van der Waals surface area contributed by atoms with Crippen LogP contribution in [0.2, 0.25) is 0 Å². The molecule has 0 saturated heterocycles. The third-order valence-electron chi connectivity index (χ3n) is 10.0. The van der Waals surface area contributed by atoms with Gasteiger partial charge < -0.3 is 24.6 Å². The molecule has 0 spiro atoms. The monoisotopic (exact) mass is 829 g/mol. The summed E-state index contributed by atoms with van der Waals surface area (Å²) >= 11 is 0. The molecule has 0 aromatic rings. The van der Waals surface area contributed by atoms with Gasteiger partial charge in [-0.3, -0.25) is 13.8 Å². The molecule has 3 unspecified atom stereocenters. The van der Waals surface area contributed by atoms with Crippen LogP contribution in [0.15, 0.2) is 36.5 Å². The number of carbonyl (C=O) groups is 1. The van der Waals surface area contributed by atoms with Crippen LogP contribution in [0.3, 0.4) is 0 Å². The van der Waals surface area contributed by atoms with E-state index < -0.39 is 39.2 Å². The minimum Gasteiger partial charge on any atom is -0.457 e. The van der Waals surface area contributed by atoms with Crippen LogP contribution in [0.5, 0.6) is 0 Å².